The topological polar surface area (TPSA) is 43.9 Å². The summed E-state index contributed by atoms with van der Waals surface area (Å²) in [4.78, 5) is 31.1. The number of nitrogens with zero attached hydrogens (tertiary/aromatic N) is 3. The molecule has 4 aliphatic heterocycles. The zero-order valence-electron chi connectivity index (χ0n) is 14.4. The maximum absolute atomic E-state index is 12.8. The van der Waals surface area contributed by atoms with Crippen molar-refractivity contribution in [3.8, 4) is 0 Å². The van der Waals surface area contributed by atoms with Gasteiger partial charge in [-0.3, -0.25) is 9.59 Å². The first-order valence-electron chi connectivity index (χ1n) is 9.36. The smallest absolute Gasteiger partial charge is 0.242 e. The van der Waals surface area contributed by atoms with E-state index in [1.807, 2.05) is 0 Å². The second kappa shape index (κ2) is 5.76. The molecule has 4 heterocycles. The molecule has 0 radical (unpaired) electrons. The van der Waals surface area contributed by atoms with E-state index in [0.717, 1.165) is 38.4 Å². The molecule has 0 aromatic rings. The van der Waals surface area contributed by atoms with Gasteiger partial charge >= 0.3 is 0 Å². The van der Waals surface area contributed by atoms with E-state index in [1.54, 1.807) is 4.90 Å². The third-order valence-electron chi connectivity index (χ3n) is 6.75. The first kappa shape index (κ1) is 15.4. The fourth-order valence-corrected chi connectivity index (χ4v) is 5.44. The Morgan fingerprint density at radius 1 is 1.17 bits per heavy atom. The normalized spacial score (nSPS) is 37.1. The standard InChI is InChI=1S/C18H29N3O2/c1-12(2)20-9-14-13-5-6-16(15(14)10-20)21(8-13)18(23)11-19-7-3-4-17(19)22/h12-16H,3-11H2,1-2H3. The molecular weight excluding hydrogens is 290 g/mol. The minimum absolute atomic E-state index is 0.158. The van der Waals surface area contributed by atoms with Crippen LogP contribution in [0.4, 0.5) is 0 Å². The van der Waals surface area contributed by atoms with Gasteiger partial charge in [0.1, 0.15) is 0 Å². The number of amides is 2. The molecule has 23 heavy (non-hydrogen) atoms. The van der Waals surface area contributed by atoms with Crippen molar-refractivity contribution in [2.45, 2.75) is 51.6 Å². The number of fused-ring (bicyclic) bond motifs is 2. The molecule has 0 aromatic carbocycles. The molecule has 4 saturated heterocycles. The highest BCUT2D eigenvalue weighted by molar-refractivity contribution is 5.86. The lowest BCUT2D eigenvalue weighted by Crippen LogP contribution is -2.60. The predicted octanol–water partition coefficient (Wildman–Crippen LogP) is 1.19. The van der Waals surface area contributed by atoms with Crippen molar-refractivity contribution in [3.63, 3.8) is 0 Å². The van der Waals surface area contributed by atoms with E-state index in [2.05, 4.69) is 23.6 Å². The van der Waals surface area contributed by atoms with Gasteiger partial charge in [0.05, 0.1) is 6.54 Å². The van der Waals surface area contributed by atoms with Crippen LogP contribution in [-0.2, 0) is 9.59 Å². The van der Waals surface area contributed by atoms with E-state index in [-0.39, 0.29) is 11.8 Å². The molecule has 0 aromatic heterocycles. The summed E-state index contributed by atoms with van der Waals surface area (Å²) < 4.78 is 0. The van der Waals surface area contributed by atoms with Gasteiger partial charge in [-0.2, -0.15) is 0 Å². The maximum atomic E-state index is 12.8. The number of carbonyl (C=O) groups is 2. The van der Waals surface area contributed by atoms with Crippen LogP contribution < -0.4 is 0 Å². The average molecular weight is 319 g/mol. The minimum Gasteiger partial charge on any atom is -0.338 e. The number of hydrogen-bond acceptors (Lipinski definition) is 3. The molecule has 1 aliphatic carbocycles. The predicted molar refractivity (Wildman–Crippen MR) is 87.7 cm³/mol. The quantitative estimate of drug-likeness (QED) is 0.785. The molecule has 2 amide bonds. The maximum Gasteiger partial charge on any atom is 0.242 e. The lowest BCUT2D eigenvalue weighted by molar-refractivity contribution is -0.147. The van der Waals surface area contributed by atoms with E-state index >= 15 is 0 Å². The molecule has 4 unspecified atom stereocenters. The van der Waals surface area contributed by atoms with Crippen molar-refractivity contribution in [2.24, 2.45) is 17.8 Å². The van der Waals surface area contributed by atoms with Crippen molar-refractivity contribution in [3.05, 3.63) is 0 Å². The monoisotopic (exact) mass is 319 g/mol. The lowest BCUT2D eigenvalue weighted by Gasteiger charge is -2.52. The third-order valence-corrected chi connectivity index (χ3v) is 6.75. The highest BCUT2D eigenvalue weighted by atomic mass is 16.2. The highest BCUT2D eigenvalue weighted by Gasteiger charge is 2.52. The van der Waals surface area contributed by atoms with E-state index in [0.29, 0.717) is 36.9 Å². The Labute approximate surface area is 139 Å². The van der Waals surface area contributed by atoms with Crippen LogP contribution in [0.2, 0.25) is 0 Å². The highest BCUT2D eigenvalue weighted by Crippen LogP contribution is 2.47. The molecule has 5 nitrogen and oxygen atoms in total. The first-order chi connectivity index (χ1) is 11.0. The lowest BCUT2D eigenvalue weighted by atomic mass is 9.66. The largest absolute Gasteiger partial charge is 0.338 e. The van der Waals surface area contributed by atoms with Crippen LogP contribution in [-0.4, -0.2) is 71.3 Å². The van der Waals surface area contributed by atoms with Crippen LogP contribution in [0.5, 0.6) is 0 Å². The van der Waals surface area contributed by atoms with Crippen LogP contribution >= 0.6 is 0 Å². The Kier molecular flexibility index (Phi) is 3.87. The summed E-state index contributed by atoms with van der Waals surface area (Å²) in [5.74, 6) is 2.46. The molecule has 1 saturated carbocycles. The number of hydrogen-bond donors (Lipinski definition) is 0. The fraction of sp³-hybridized carbons (Fsp3) is 0.889. The van der Waals surface area contributed by atoms with Crippen molar-refractivity contribution < 1.29 is 9.59 Å². The van der Waals surface area contributed by atoms with Crippen LogP contribution in [0.15, 0.2) is 0 Å². The molecule has 4 atom stereocenters. The Hall–Kier alpha value is -1.10. The van der Waals surface area contributed by atoms with Crippen LogP contribution in [0, 0.1) is 17.8 Å². The Morgan fingerprint density at radius 3 is 2.65 bits per heavy atom. The SMILES string of the molecule is CC(C)N1CC2C3CCC(C2C1)N(C(=O)CN1CCCC1=O)C3. The first-order valence-corrected chi connectivity index (χ1v) is 9.36. The molecule has 2 bridgehead atoms. The van der Waals surface area contributed by atoms with Crippen molar-refractivity contribution in [2.75, 3.05) is 32.7 Å². The second-order valence-corrected chi connectivity index (χ2v) is 8.25. The van der Waals surface area contributed by atoms with Crippen molar-refractivity contribution >= 4 is 11.8 Å². The van der Waals surface area contributed by atoms with Crippen molar-refractivity contribution in [1.82, 2.24) is 14.7 Å². The molecule has 5 fully saturated rings. The number of likely N-dealkylation sites (tertiary alicyclic amines) is 2. The van der Waals surface area contributed by atoms with Gasteiger partial charge in [-0.1, -0.05) is 0 Å². The Balaban J connectivity index is 1.45. The Morgan fingerprint density at radius 2 is 1.96 bits per heavy atom. The molecule has 0 N–H and O–H groups in total. The molecule has 0 spiro atoms. The summed E-state index contributed by atoms with van der Waals surface area (Å²) in [6, 6.07) is 1.02. The molecule has 128 valence electrons. The summed E-state index contributed by atoms with van der Waals surface area (Å²) in [6.07, 6.45) is 3.97. The van der Waals surface area contributed by atoms with Crippen LogP contribution in [0.1, 0.15) is 39.5 Å². The van der Waals surface area contributed by atoms with Crippen molar-refractivity contribution in [1.29, 1.82) is 0 Å². The fourth-order valence-electron chi connectivity index (χ4n) is 5.44. The van der Waals surface area contributed by atoms with Gasteiger partial charge < -0.3 is 14.7 Å². The zero-order chi connectivity index (χ0) is 16.1. The summed E-state index contributed by atoms with van der Waals surface area (Å²) in [7, 11) is 0. The zero-order valence-corrected chi connectivity index (χ0v) is 14.4. The van der Waals surface area contributed by atoms with Gasteiger partial charge in [-0.05, 0) is 50.9 Å². The van der Waals surface area contributed by atoms with Crippen LogP contribution in [0.25, 0.3) is 0 Å². The van der Waals surface area contributed by atoms with E-state index in [1.165, 1.54) is 13.0 Å². The van der Waals surface area contributed by atoms with Gasteiger partial charge in [-0.25, -0.2) is 0 Å². The summed E-state index contributed by atoms with van der Waals surface area (Å²) in [6.45, 7) is 8.93. The summed E-state index contributed by atoms with van der Waals surface area (Å²) in [5.41, 5.74) is 0. The third kappa shape index (κ3) is 2.57. The summed E-state index contributed by atoms with van der Waals surface area (Å²) >= 11 is 0. The summed E-state index contributed by atoms with van der Waals surface area (Å²) in [5, 5.41) is 0. The van der Waals surface area contributed by atoms with Gasteiger partial charge in [0.25, 0.3) is 0 Å². The molecule has 5 aliphatic rings. The van der Waals surface area contributed by atoms with Gasteiger partial charge in [-0.15, -0.1) is 0 Å². The minimum atomic E-state index is 0.158. The van der Waals surface area contributed by atoms with Gasteiger partial charge in [0.2, 0.25) is 11.8 Å². The molecule has 5 rings (SSSR count). The molecule has 5 heteroatoms. The van der Waals surface area contributed by atoms with E-state index in [4.69, 9.17) is 0 Å². The second-order valence-electron chi connectivity index (χ2n) is 8.25. The number of rotatable bonds is 3. The van der Waals surface area contributed by atoms with Gasteiger partial charge in [0.15, 0.2) is 0 Å². The number of carbonyl (C=O) groups excluding carboxylic acids is 2. The Bertz CT molecular complexity index is 506. The molecular formula is C18H29N3O2. The average Bonchev–Trinajstić information content (AvgIpc) is 3.15. The van der Waals surface area contributed by atoms with Gasteiger partial charge in [0, 0.05) is 44.7 Å². The van der Waals surface area contributed by atoms with Crippen LogP contribution in [0.3, 0.4) is 0 Å². The number of piperidine rings is 2. The van der Waals surface area contributed by atoms with E-state index < -0.39 is 0 Å². The van der Waals surface area contributed by atoms with E-state index in [9.17, 15) is 9.59 Å².